The number of hydrogen-bond donors (Lipinski definition) is 1. The smallest absolute Gasteiger partial charge is 0.256 e. The molecule has 1 unspecified atom stereocenters. The highest BCUT2D eigenvalue weighted by molar-refractivity contribution is 6.02. The zero-order valence-corrected chi connectivity index (χ0v) is 19.8. The zero-order valence-electron chi connectivity index (χ0n) is 19.8. The molecule has 4 rings (SSSR count). The molecule has 3 amide bonds. The third-order valence-corrected chi connectivity index (χ3v) is 6.49. The average molecular weight is 466 g/mol. The molecule has 1 spiro atoms. The van der Waals surface area contributed by atoms with E-state index in [-0.39, 0.29) is 30.2 Å². The lowest BCUT2D eigenvalue weighted by atomic mass is 9.95. The van der Waals surface area contributed by atoms with Crippen molar-refractivity contribution in [2.24, 2.45) is 5.92 Å². The van der Waals surface area contributed by atoms with Gasteiger partial charge in [-0.1, -0.05) is 38.1 Å². The van der Waals surface area contributed by atoms with Gasteiger partial charge in [0, 0.05) is 49.2 Å². The number of carbonyl (C=O) groups excluding carboxylic acids is 3. The lowest BCUT2D eigenvalue weighted by Gasteiger charge is -2.44. The van der Waals surface area contributed by atoms with Crippen molar-refractivity contribution in [3.63, 3.8) is 0 Å². The quantitative estimate of drug-likeness (QED) is 0.733. The molecule has 0 bridgehead atoms. The third kappa shape index (κ3) is 4.63. The van der Waals surface area contributed by atoms with Crippen molar-refractivity contribution >= 4 is 23.4 Å². The minimum Gasteiger partial charge on any atom is -0.497 e. The molecule has 2 aromatic rings. The molecule has 2 heterocycles. The van der Waals surface area contributed by atoms with Gasteiger partial charge in [0.2, 0.25) is 11.8 Å². The number of methoxy groups -OCH3 is 1. The van der Waals surface area contributed by atoms with Crippen LogP contribution in [-0.4, -0.2) is 66.1 Å². The Hall–Kier alpha value is -3.39. The number of anilines is 1. The maximum Gasteiger partial charge on any atom is 0.256 e. The molecule has 2 aliphatic heterocycles. The first-order valence-electron chi connectivity index (χ1n) is 11.6. The second kappa shape index (κ2) is 9.85. The molecule has 2 saturated heterocycles. The maximum absolute atomic E-state index is 13.7. The van der Waals surface area contributed by atoms with Crippen molar-refractivity contribution in [1.82, 2.24) is 9.80 Å². The van der Waals surface area contributed by atoms with Crippen LogP contribution in [-0.2, 0) is 14.3 Å². The van der Waals surface area contributed by atoms with Crippen LogP contribution in [0, 0.1) is 5.92 Å². The molecule has 2 fully saturated rings. The van der Waals surface area contributed by atoms with Crippen LogP contribution in [0.15, 0.2) is 54.6 Å². The first-order valence-corrected chi connectivity index (χ1v) is 11.6. The first kappa shape index (κ1) is 23.8. The van der Waals surface area contributed by atoms with Crippen LogP contribution in [0.3, 0.4) is 0 Å². The highest BCUT2D eigenvalue weighted by Crippen LogP contribution is 2.39. The van der Waals surface area contributed by atoms with Gasteiger partial charge >= 0.3 is 0 Å². The topological polar surface area (TPSA) is 88.2 Å². The summed E-state index contributed by atoms with van der Waals surface area (Å²) in [6.45, 7) is 4.79. The SMILES string of the molecule is COc1cccc(NC(=O)C2COC3(CCN(C(=O)C(C)C)CC3)N2C(=O)c2ccccc2)c1. The molecule has 34 heavy (non-hydrogen) atoms. The Morgan fingerprint density at radius 3 is 2.41 bits per heavy atom. The summed E-state index contributed by atoms with van der Waals surface area (Å²) in [5.74, 6) is 0.0297. The van der Waals surface area contributed by atoms with Crippen molar-refractivity contribution in [2.45, 2.75) is 38.5 Å². The van der Waals surface area contributed by atoms with Crippen LogP contribution >= 0.6 is 0 Å². The van der Waals surface area contributed by atoms with Crippen molar-refractivity contribution in [2.75, 3.05) is 32.1 Å². The van der Waals surface area contributed by atoms with Gasteiger partial charge in [0.25, 0.3) is 5.91 Å². The number of nitrogens with zero attached hydrogens (tertiary/aromatic N) is 2. The van der Waals surface area contributed by atoms with Crippen LogP contribution < -0.4 is 10.1 Å². The summed E-state index contributed by atoms with van der Waals surface area (Å²) in [7, 11) is 1.56. The van der Waals surface area contributed by atoms with Gasteiger partial charge in [-0.05, 0) is 24.3 Å². The number of carbonyl (C=O) groups is 3. The molecule has 8 heteroatoms. The summed E-state index contributed by atoms with van der Waals surface area (Å²) in [6.07, 6.45) is 0.903. The van der Waals surface area contributed by atoms with E-state index in [1.54, 1.807) is 60.5 Å². The number of rotatable bonds is 5. The van der Waals surface area contributed by atoms with Gasteiger partial charge in [-0.2, -0.15) is 0 Å². The summed E-state index contributed by atoms with van der Waals surface area (Å²) in [4.78, 5) is 42.9. The van der Waals surface area contributed by atoms with E-state index < -0.39 is 11.8 Å². The minimum absolute atomic E-state index is 0.0844. The number of ether oxygens (including phenoxy) is 2. The number of amides is 3. The second-order valence-corrected chi connectivity index (χ2v) is 9.02. The Balaban J connectivity index is 1.60. The number of likely N-dealkylation sites (tertiary alicyclic amines) is 1. The van der Waals surface area contributed by atoms with Crippen LogP contribution in [0.25, 0.3) is 0 Å². The fraction of sp³-hybridized carbons (Fsp3) is 0.423. The molecule has 8 nitrogen and oxygen atoms in total. The number of benzene rings is 2. The van der Waals surface area contributed by atoms with Crippen molar-refractivity contribution in [1.29, 1.82) is 0 Å². The van der Waals surface area contributed by atoms with Gasteiger partial charge in [-0.25, -0.2) is 0 Å². The van der Waals surface area contributed by atoms with Crippen LogP contribution in [0.1, 0.15) is 37.0 Å². The number of hydrogen-bond acceptors (Lipinski definition) is 5. The Labute approximate surface area is 199 Å². The Bertz CT molecular complexity index is 1050. The average Bonchev–Trinajstić information content (AvgIpc) is 3.22. The van der Waals surface area contributed by atoms with Gasteiger partial charge in [0.05, 0.1) is 13.7 Å². The van der Waals surface area contributed by atoms with Gasteiger partial charge in [-0.15, -0.1) is 0 Å². The number of nitrogens with one attached hydrogen (secondary N) is 1. The molecule has 0 radical (unpaired) electrons. The molecule has 1 atom stereocenters. The first-order chi connectivity index (χ1) is 16.3. The summed E-state index contributed by atoms with van der Waals surface area (Å²) < 4.78 is 11.5. The molecule has 180 valence electrons. The van der Waals surface area contributed by atoms with Crippen molar-refractivity contribution < 1.29 is 23.9 Å². The largest absolute Gasteiger partial charge is 0.497 e. The molecule has 2 aromatic carbocycles. The third-order valence-electron chi connectivity index (χ3n) is 6.49. The second-order valence-electron chi connectivity index (χ2n) is 9.02. The van der Waals surface area contributed by atoms with E-state index >= 15 is 0 Å². The van der Waals surface area contributed by atoms with Gasteiger partial charge < -0.3 is 19.7 Å². The normalized spacial score (nSPS) is 19.4. The van der Waals surface area contributed by atoms with E-state index in [1.807, 2.05) is 24.8 Å². The fourth-order valence-electron chi connectivity index (χ4n) is 4.65. The summed E-state index contributed by atoms with van der Waals surface area (Å²) in [6, 6.07) is 15.2. The Morgan fingerprint density at radius 2 is 1.76 bits per heavy atom. The Kier molecular flexibility index (Phi) is 6.88. The van der Waals surface area contributed by atoms with E-state index in [0.717, 1.165) is 0 Å². The predicted octanol–water partition coefficient (Wildman–Crippen LogP) is 3.15. The van der Waals surface area contributed by atoms with Gasteiger partial charge in [-0.3, -0.25) is 19.3 Å². The predicted molar refractivity (Wildman–Crippen MR) is 127 cm³/mol. The molecule has 0 aliphatic carbocycles. The molecule has 2 aliphatic rings. The number of piperidine rings is 1. The van der Waals surface area contributed by atoms with Gasteiger partial charge in [0.15, 0.2) is 0 Å². The standard InChI is InChI=1S/C26H31N3O5/c1-18(2)24(31)28-14-12-26(13-15-28)29(25(32)19-8-5-4-6-9-19)22(17-34-26)23(30)27-20-10-7-11-21(16-20)33-3/h4-11,16,18,22H,12-15,17H2,1-3H3,(H,27,30). The molecule has 1 N–H and O–H groups in total. The molecular formula is C26H31N3O5. The zero-order chi connectivity index (χ0) is 24.3. The lowest BCUT2D eigenvalue weighted by Crippen LogP contribution is -2.59. The summed E-state index contributed by atoms with van der Waals surface area (Å²) in [5.41, 5.74) is 0.138. The minimum atomic E-state index is -0.933. The maximum atomic E-state index is 13.7. The highest BCUT2D eigenvalue weighted by Gasteiger charge is 2.54. The fourth-order valence-corrected chi connectivity index (χ4v) is 4.65. The summed E-state index contributed by atoms with van der Waals surface area (Å²) >= 11 is 0. The van der Waals surface area contributed by atoms with E-state index in [2.05, 4.69) is 5.32 Å². The van der Waals surface area contributed by atoms with Crippen molar-refractivity contribution in [3.8, 4) is 5.75 Å². The van der Waals surface area contributed by atoms with Crippen molar-refractivity contribution in [3.05, 3.63) is 60.2 Å². The van der Waals surface area contributed by atoms with E-state index in [1.165, 1.54) is 0 Å². The lowest BCUT2D eigenvalue weighted by molar-refractivity contribution is -0.146. The Morgan fingerprint density at radius 1 is 1.06 bits per heavy atom. The van der Waals surface area contributed by atoms with E-state index in [4.69, 9.17) is 9.47 Å². The van der Waals surface area contributed by atoms with Crippen LogP contribution in [0.2, 0.25) is 0 Å². The molecule has 0 aromatic heterocycles. The van der Waals surface area contributed by atoms with Gasteiger partial charge in [0.1, 0.15) is 17.5 Å². The van der Waals surface area contributed by atoms with E-state index in [9.17, 15) is 14.4 Å². The molecular weight excluding hydrogens is 434 g/mol. The highest BCUT2D eigenvalue weighted by atomic mass is 16.5. The monoisotopic (exact) mass is 465 g/mol. The van der Waals surface area contributed by atoms with E-state index in [0.29, 0.717) is 42.9 Å². The molecule has 0 saturated carbocycles. The van der Waals surface area contributed by atoms with Crippen LogP contribution in [0.5, 0.6) is 5.75 Å². The van der Waals surface area contributed by atoms with Crippen LogP contribution in [0.4, 0.5) is 5.69 Å². The summed E-state index contributed by atoms with van der Waals surface area (Å²) in [5, 5.41) is 2.90.